The molecule has 0 bridgehead atoms. The van der Waals surface area contributed by atoms with Crippen LogP contribution in [0.2, 0.25) is 0 Å². The van der Waals surface area contributed by atoms with Crippen LogP contribution in [-0.4, -0.2) is 25.9 Å². The normalized spacial score (nSPS) is 14.0. The summed E-state index contributed by atoms with van der Waals surface area (Å²) >= 11 is 0. The molecule has 130 valence electrons. The molecule has 0 saturated carbocycles. The Labute approximate surface area is 144 Å². The summed E-state index contributed by atoms with van der Waals surface area (Å²) in [7, 11) is -3.32. The fourth-order valence-electron chi connectivity index (χ4n) is 2.78. The van der Waals surface area contributed by atoms with Crippen molar-refractivity contribution in [3.05, 3.63) is 54.1 Å². The number of sulfone groups is 1. The Balaban J connectivity index is 2.06. The van der Waals surface area contributed by atoms with Gasteiger partial charge in [-0.15, -0.1) is 0 Å². The molecule has 0 aliphatic carbocycles. The van der Waals surface area contributed by atoms with Crippen LogP contribution in [0.1, 0.15) is 33.1 Å². The number of hydrogen-bond acceptors (Lipinski definition) is 3. The summed E-state index contributed by atoms with van der Waals surface area (Å²) < 4.78 is 25.2. The highest BCUT2D eigenvalue weighted by atomic mass is 32.2. The molecule has 3 nitrogen and oxygen atoms in total. The number of benzene rings is 2. The minimum atomic E-state index is -3.32. The minimum Gasteiger partial charge on any atom is -0.396 e. The second kappa shape index (κ2) is 8.45. The lowest BCUT2D eigenvalue weighted by molar-refractivity contribution is 0.259. The zero-order valence-electron chi connectivity index (χ0n) is 14.4. The fraction of sp³-hybridized carbons (Fsp3) is 0.400. The average molecular weight is 346 g/mol. The molecule has 0 aromatic heterocycles. The standard InChI is InChI=1S/C20H26O3S/c1-16(12-13-21)6-5-7-17(2)15-24(22,23)20-11-10-18-8-3-4-9-19(18)14-20/h3-4,7-11,14,16,21H,5-6,12-13,15H2,1-2H3. The van der Waals surface area contributed by atoms with Crippen LogP contribution in [0.3, 0.4) is 0 Å². The van der Waals surface area contributed by atoms with E-state index in [0.717, 1.165) is 35.6 Å². The maximum Gasteiger partial charge on any atom is 0.182 e. The van der Waals surface area contributed by atoms with E-state index in [0.29, 0.717) is 10.8 Å². The minimum absolute atomic E-state index is 0.0553. The second-order valence-corrected chi connectivity index (χ2v) is 8.50. The molecule has 1 N–H and O–H groups in total. The van der Waals surface area contributed by atoms with Crippen molar-refractivity contribution in [3.8, 4) is 0 Å². The van der Waals surface area contributed by atoms with Crippen LogP contribution in [0.15, 0.2) is 59.0 Å². The van der Waals surface area contributed by atoms with Crippen molar-refractivity contribution in [2.24, 2.45) is 5.92 Å². The van der Waals surface area contributed by atoms with Crippen molar-refractivity contribution >= 4 is 20.6 Å². The Kier molecular flexibility index (Phi) is 6.58. The van der Waals surface area contributed by atoms with Crippen molar-refractivity contribution < 1.29 is 13.5 Å². The van der Waals surface area contributed by atoms with E-state index in [1.807, 2.05) is 43.3 Å². The first-order valence-electron chi connectivity index (χ1n) is 8.40. The topological polar surface area (TPSA) is 54.4 Å². The van der Waals surface area contributed by atoms with Gasteiger partial charge in [-0.25, -0.2) is 8.42 Å². The molecule has 0 spiro atoms. The first kappa shape index (κ1) is 18.7. The smallest absolute Gasteiger partial charge is 0.182 e. The van der Waals surface area contributed by atoms with Crippen LogP contribution in [0.4, 0.5) is 0 Å². The Bertz CT molecular complexity index is 806. The number of rotatable bonds is 8. The van der Waals surface area contributed by atoms with Crippen LogP contribution in [-0.2, 0) is 9.84 Å². The van der Waals surface area contributed by atoms with E-state index in [2.05, 4.69) is 6.92 Å². The molecule has 2 rings (SSSR count). The number of aliphatic hydroxyl groups is 1. The van der Waals surface area contributed by atoms with Crippen molar-refractivity contribution in [1.29, 1.82) is 0 Å². The lowest BCUT2D eigenvalue weighted by atomic mass is 10.0. The molecular formula is C20H26O3S. The van der Waals surface area contributed by atoms with Crippen LogP contribution in [0.5, 0.6) is 0 Å². The van der Waals surface area contributed by atoms with Gasteiger partial charge < -0.3 is 5.11 Å². The monoisotopic (exact) mass is 346 g/mol. The van der Waals surface area contributed by atoms with Gasteiger partial charge in [0.15, 0.2) is 9.84 Å². The predicted molar refractivity (Wildman–Crippen MR) is 99.9 cm³/mol. The van der Waals surface area contributed by atoms with Gasteiger partial charge in [-0.2, -0.15) is 0 Å². The largest absolute Gasteiger partial charge is 0.396 e. The van der Waals surface area contributed by atoms with E-state index in [-0.39, 0.29) is 12.4 Å². The quantitative estimate of drug-likeness (QED) is 0.723. The summed E-state index contributed by atoms with van der Waals surface area (Å²) in [4.78, 5) is 0.377. The molecule has 24 heavy (non-hydrogen) atoms. The molecule has 2 aromatic carbocycles. The summed E-state index contributed by atoms with van der Waals surface area (Å²) in [5.74, 6) is 0.510. The molecule has 0 fully saturated rings. The molecule has 2 aromatic rings. The van der Waals surface area contributed by atoms with Gasteiger partial charge in [0, 0.05) is 6.61 Å². The number of hydrogen-bond donors (Lipinski definition) is 1. The molecule has 0 heterocycles. The third-order valence-electron chi connectivity index (χ3n) is 4.27. The SMILES string of the molecule is CC(=CCCC(C)CCO)CS(=O)(=O)c1ccc2ccccc2c1. The summed E-state index contributed by atoms with van der Waals surface area (Å²) in [6.45, 7) is 4.18. The van der Waals surface area contributed by atoms with Crippen LogP contribution < -0.4 is 0 Å². The van der Waals surface area contributed by atoms with E-state index >= 15 is 0 Å². The van der Waals surface area contributed by atoms with E-state index in [1.165, 1.54) is 0 Å². The maximum absolute atomic E-state index is 12.6. The molecule has 0 amide bonds. The van der Waals surface area contributed by atoms with Crippen molar-refractivity contribution in [2.75, 3.05) is 12.4 Å². The summed E-state index contributed by atoms with van der Waals surface area (Å²) in [5, 5.41) is 10.9. The van der Waals surface area contributed by atoms with Gasteiger partial charge >= 0.3 is 0 Å². The summed E-state index contributed by atoms with van der Waals surface area (Å²) in [6, 6.07) is 13.1. The van der Waals surface area contributed by atoms with Crippen LogP contribution in [0.25, 0.3) is 10.8 Å². The lowest BCUT2D eigenvalue weighted by Gasteiger charge is -2.09. The zero-order valence-corrected chi connectivity index (χ0v) is 15.2. The van der Waals surface area contributed by atoms with Gasteiger partial charge in [0.1, 0.15) is 0 Å². The fourth-order valence-corrected chi connectivity index (χ4v) is 4.25. The Morgan fingerprint density at radius 3 is 2.54 bits per heavy atom. The number of allylic oxidation sites excluding steroid dienone is 1. The second-order valence-electron chi connectivity index (χ2n) is 6.51. The van der Waals surface area contributed by atoms with Crippen LogP contribution >= 0.6 is 0 Å². The highest BCUT2D eigenvalue weighted by Crippen LogP contribution is 2.21. The highest BCUT2D eigenvalue weighted by Gasteiger charge is 2.15. The number of aliphatic hydroxyl groups excluding tert-OH is 1. The molecule has 1 unspecified atom stereocenters. The summed E-state index contributed by atoms with van der Waals surface area (Å²) in [6.07, 6.45) is 4.61. The van der Waals surface area contributed by atoms with Crippen LogP contribution in [0, 0.1) is 5.92 Å². The van der Waals surface area contributed by atoms with Crippen molar-refractivity contribution in [2.45, 2.75) is 38.0 Å². The maximum atomic E-state index is 12.6. The average Bonchev–Trinajstić information content (AvgIpc) is 2.54. The van der Waals surface area contributed by atoms with Crippen molar-refractivity contribution in [1.82, 2.24) is 0 Å². The third kappa shape index (κ3) is 5.18. The highest BCUT2D eigenvalue weighted by molar-refractivity contribution is 7.91. The van der Waals surface area contributed by atoms with Gasteiger partial charge in [0.2, 0.25) is 0 Å². The predicted octanol–water partition coefficient (Wildman–Crippen LogP) is 4.36. The molecule has 0 aliphatic rings. The van der Waals surface area contributed by atoms with Crippen molar-refractivity contribution in [3.63, 3.8) is 0 Å². The van der Waals surface area contributed by atoms with E-state index < -0.39 is 9.84 Å². The molecular weight excluding hydrogens is 320 g/mol. The number of fused-ring (bicyclic) bond motifs is 1. The molecule has 0 aliphatic heterocycles. The Morgan fingerprint density at radius 2 is 1.83 bits per heavy atom. The lowest BCUT2D eigenvalue weighted by Crippen LogP contribution is -2.08. The first-order chi connectivity index (χ1) is 11.4. The molecule has 1 atom stereocenters. The zero-order chi connectivity index (χ0) is 17.6. The first-order valence-corrected chi connectivity index (χ1v) is 10.1. The summed E-state index contributed by atoms with van der Waals surface area (Å²) in [5.41, 5.74) is 0.874. The Hall–Kier alpha value is -1.65. The van der Waals surface area contributed by atoms with Gasteiger partial charge in [-0.05, 0) is 55.0 Å². The van der Waals surface area contributed by atoms with Gasteiger partial charge in [-0.3, -0.25) is 0 Å². The van der Waals surface area contributed by atoms with Gasteiger partial charge in [-0.1, -0.05) is 48.9 Å². The molecule has 0 radical (unpaired) electrons. The molecule has 0 saturated heterocycles. The van der Waals surface area contributed by atoms with Gasteiger partial charge in [0.25, 0.3) is 0 Å². The van der Waals surface area contributed by atoms with E-state index in [1.54, 1.807) is 12.1 Å². The molecule has 4 heteroatoms. The van der Waals surface area contributed by atoms with E-state index in [9.17, 15) is 8.42 Å². The third-order valence-corrected chi connectivity index (χ3v) is 6.08. The van der Waals surface area contributed by atoms with E-state index in [4.69, 9.17) is 5.11 Å². The van der Waals surface area contributed by atoms with Gasteiger partial charge in [0.05, 0.1) is 10.6 Å². The Morgan fingerprint density at radius 1 is 1.12 bits per heavy atom.